The predicted molar refractivity (Wildman–Crippen MR) is 123 cm³/mol. The molecule has 0 spiro atoms. The van der Waals surface area contributed by atoms with Gasteiger partial charge in [-0.05, 0) is 26.3 Å². The van der Waals surface area contributed by atoms with E-state index in [-0.39, 0.29) is 24.0 Å². The highest BCUT2D eigenvalue weighted by Gasteiger charge is 2.06. The summed E-state index contributed by atoms with van der Waals surface area (Å²) < 4.78 is 0. The number of imidazole rings is 1. The molecule has 0 aliphatic carbocycles. The van der Waals surface area contributed by atoms with E-state index in [1.165, 1.54) is 4.88 Å². The van der Waals surface area contributed by atoms with Crippen molar-refractivity contribution in [2.75, 3.05) is 6.54 Å². The Morgan fingerprint density at radius 3 is 2.63 bits per heavy atom. The number of H-pyrrole nitrogens is 1. The molecule has 8 heteroatoms. The molecule has 2 heterocycles. The van der Waals surface area contributed by atoms with Gasteiger partial charge in [0.05, 0.1) is 24.1 Å². The Morgan fingerprint density at radius 1 is 1.19 bits per heavy atom. The van der Waals surface area contributed by atoms with Crippen molar-refractivity contribution in [3.8, 4) is 11.3 Å². The van der Waals surface area contributed by atoms with Crippen LogP contribution in [0.25, 0.3) is 11.3 Å². The number of aromatic nitrogens is 3. The van der Waals surface area contributed by atoms with E-state index in [9.17, 15) is 0 Å². The smallest absolute Gasteiger partial charge is 0.192 e. The van der Waals surface area contributed by atoms with Crippen molar-refractivity contribution in [2.45, 2.75) is 33.9 Å². The molecule has 0 saturated carbocycles. The van der Waals surface area contributed by atoms with Gasteiger partial charge in [-0.1, -0.05) is 30.3 Å². The van der Waals surface area contributed by atoms with Gasteiger partial charge < -0.3 is 15.6 Å². The number of nitrogens with zero attached hydrogens (tertiary/aromatic N) is 3. The van der Waals surface area contributed by atoms with Crippen molar-refractivity contribution in [3.05, 3.63) is 57.9 Å². The molecular weight excluding hydrogens is 471 g/mol. The molecule has 3 aromatic rings. The Balaban J connectivity index is 0.00000261. The highest BCUT2D eigenvalue weighted by molar-refractivity contribution is 14.0. The van der Waals surface area contributed by atoms with Crippen LogP contribution in [-0.4, -0.2) is 27.5 Å². The second-order valence-electron chi connectivity index (χ2n) is 5.91. The average Bonchev–Trinajstić information content (AvgIpc) is 3.25. The van der Waals surface area contributed by atoms with E-state index < -0.39 is 0 Å². The molecule has 0 fully saturated rings. The number of rotatable bonds is 6. The highest BCUT2D eigenvalue weighted by atomic mass is 127. The first-order valence-electron chi connectivity index (χ1n) is 8.70. The highest BCUT2D eigenvalue weighted by Crippen LogP contribution is 2.17. The van der Waals surface area contributed by atoms with E-state index in [0.717, 1.165) is 40.3 Å². The number of hydrogen-bond donors (Lipinski definition) is 3. The number of guanidine groups is 1. The summed E-state index contributed by atoms with van der Waals surface area (Å²) in [6.07, 6.45) is 1.85. The molecule has 1 aromatic carbocycles. The molecular formula is C19H25IN6S. The molecule has 0 radical (unpaired) electrons. The van der Waals surface area contributed by atoms with Gasteiger partial charge in [0.15, 0.2) is 5.96 Å². The maximum atomic E-state index is 4.61. The third-order valence-corrected chi connectivity index (χ3v) is 5.00. The van der Waals surface area contributed by atoms with Crippen LogP contribution in [0.3, 0.4) is 0 Å². The van der Waals surface area contributed by atoms with Crippen LogP contribution in [0.5, 0.6) is 0 Å². The van der Waals surface area contributed by atoms with Crippen molar-refractivity contribution in [2.24, 2.45) is 4.99 Å². The summed E-state index contributed by atoms with van der Waals surface area (Å²) in [6, 6.07) is 10.2. The number of halogens is 1. The summed E-state index contributed by atoms with van der Waals surface area (Å²) in [6.45, 7) is 8.13. The fourth-order valence-corrected chi connectivity index (χ4v) is 3.35. The monoisotopic (exact) mass is 496 g/mol. The lowest BCUT2D eigenvalue weighted by Gasteiger charge is -2.09. The zero-order valence-electron chi connectivity index (χ0n) is 15.7. The van der Waals surface area contributed by atoms with Gasteiger partial charge in [-0.3, -0.25) is 0 Å². The molecule has 0 aliphatic rings. The molecule has 0 unspecified atom stereocenters. The molecule has 3 N–H and O–H groups in total. The summed E-state index contributed by atoms with van der Waals surface area (Å²) in [5.41, 5.74) is 3.22. The van der Waals surface area contributed by atoms with Gasteiger partial charge in [0.25, 0.3) is 0 Å². The van der Waals surface area contributed by atoms with Crippen LogP contribution in [0, 0.1) is 13.8 Å². The van der Waals surface area contributed by atoms with Crippen molar-refractivity contribution >= 4 is 41.3 Å². The number of aliphatic imine (C=N–C) groups is 1. The van der Waals surface area contributed by atoms with Gasteiger partial charge >= 0.3 is 0 Å². The molecule has 0 bridgehead atoms. The van der Waals surface area contributed by atoms with Crippen molar-refractivity contribution in [1.82, 2.24) is 25.6 Å². The lowest BCUT2D eigenvalue weighted by atomic mass is 10.2. The quantitative estimate of drug-likeness (QED) is 0.274. The molecule has 3 rings (SSSR count). The Hall–Kier alpha value is -1.94. The summed E-state index contributed by atoms with van der Waals surface area (Å²) >= 11 is 1.71. The molecule has 144 valence electrons. The number of nitrogens with one attached hydrogen (secondary N) is 3. The van der Waals surface area contributed by atoms with Crippen LogP contribution in [0.1, 0.15) is 28.3 Å². The van der Waals surface area contributed by atoms with E-state index in [4.69, 9.17) is 0 Å². The van der Waals surface area contributed by atoms with E-state index in [1.54, 1.807) is 11.3 Å². The summed E-state index contributed by atoms with van der Waals surface area (Å²) in [7, 11) is 0. The normalized spacial score (nSPS) is 11.1. The summed E-state index contributed by atoms with van der Waals surface area (Å²) in [4.78, 5) is 18.2. The fourth-order valence-electron chi connectivity index (χ4n) is 2.48. The standard InChI is InChI=1S/C19H24N6S.HI/c1-4-20-19(23-12-18-24-13(2)14(3)26-18)22-11-17-21-10-16(25-17)15-8-6-5-7-9-15;/h5-10H,4,11-12H2,1-3H3,(H,21,25)(H2,20,22,23);1H. The minimum absolute atomic E-state index is 0. The third kappa shape index (κ3) is 6.03. The van der Waals surface area contributed by atoms with E-state index >= 15 is 0 Å². The number of aromatic amines is 1. The number of benzene rings is 1. The van der Waals surface area contributed by atoms with Crippen LogP contribution < -0.4 is 10.6 Å². The number of thiazole rings is 1. The molecule has 2 aromatic heterocycles. The maximum absolute atomic E-state index is 4.61. The van der Waals surface area contributed by atoms with Crippen LogP contribution in [0.15, 0.2) is 41.5 Å². The molecule has 0 atom stereocenters. The van der Waals surface area contributed by atoms with Crippen LogP contribution >= 0.6 is 35.3 Å². The van der Waals surface area contributed by atoms with Crippen molar-refractivity contribution in [3.63, 3.8) is 0 Å². The average molecular weight is 496 g/mol. The first kappa shape index (κ1) is 21.4. The molecule has 0 aliphatic heterocycles. The van der Waals surface area contributed by atoms with Crippen molar-refractivity contribution in [1.29, 1.82) is 0 Å². The Morgan fingerprint density at radius 2 is 1.96 bits per heavy atom. The van der Waals surface area contributed by atoms with Gasteiger partial charge in [-0.15, -0.1) is 35.3 Å². The Kier molecular flexibility index (Phi) is 8.23. The predicted octanol–water partition coefficient (Wildman–Crippen LogP) is 4.02. The number of hydrogen-bond acceptors (Lipinski definition) is 4. The van der Waals surface area contributed by atoms with E-state index in [1.807, 2.05) is 31.3 Å². The van der Waals surface area contributed by atoms with Gasteiger partial charge in [0.1, 0.15) is 17.4 Å². The minimum Gasteiger partial charge on any atom is -0.357 e. The molecule has 6 nitrogen and oxygen atoms in total. The first-order valence-corrected chi connectivity index (χ1v) is 9.51. The van der Waals surface area contributed by atoms with Gasteiger partial charge in [0.2, 0.25) is 0 Å². The van der Waals surface area contributed by atoms with Gasteiger partial charge in [0, 0.05) is 11.4 Å². The maximum Gasteiger partial charge on any atom is 0.192 e. The summed E-state index contributed by atoms with van der Waals surface area (Å²) in [5.74, 6) is 1.60. The van der Waals surface area contributed by atoms with E-state index in [2.05, 4.69) is 56.6 Å². The topological polar surface area (TPSA) is 78.0 Å². The number of aryl methyl sites for hydroxylation is 2. The zero-order chi connectivity index (χ0) is 18.4. The molecule has 0 amide bonds. The molecule has 27 heavy (non-hydrogen) atoms. The summed E-state index contributed by atoms with van der Waals surface area (Å²) in [5, 5.41) is 7.65. The third-order valence-electron chi connectivity index (χ3n) is 3.92. The van der Waals surface area contributed by atoms with Crippen molar-refractivity contribution < 1.29 is 0 Å². The van der Waals surface area contributed by atoms with Crippen LogP contribution in [0.4, 0.5) is 0 Å². The second kappa shape index (κ2) is 10.4. The largest absolute Gasteiger partial charge is 0.357 e. The van der Waals surface area contributed by atoms with E-state index in [0.29, 0.717) is 13.1 Å². The van der Waals surface area contributed by atoms with Gasteiger partial charge in [-0.25, -0.2) is 15.0 Å². The molecule has 0 saturated heterocycles. The SMILES string of the molecule is CCNC(=NCc1ncc(-c2ccccc2)[nH]1)NCc1nc(C)c(C)s1.I. The lowest BCUT2D eigenvalue weighted by Crippen LogP contribution is -2.36. The fraction of sp³-hybridized carbons (Fsp3) is 0.316. The Labute approximate surface area is 181 Å². The van der Waals surface area contributed by atoms with Crippen LogP contribution in [0.2, 0.25) is 0 Å². The van der Waals surface area contributed by atoms with Gasteiger partial charge in [-0.2, -0.15) is 0 Å². The van der Waals surface area contributed by atoms with Crippen LogP contribution in [-0.2, 0) is 13.1 Å². The Bertz CT molecular complexity index is 852. The first-order chi connectivity index (χ1) is 12.7. The minimum atomic E-state index is 0. The zero-order valence-corrected chi connectivity index (χ0v) is 18.9. The lowest BCUT2D eigenvalue weighted by molar-refractivity contribution is 0.802. The second-order valence-corrected chi connectivity index (χ2v) is 7.20.